The number of benzene rings is 1. The van der Waals surface area contributed by atoms with Crippen molar-refractivity contribution in [2.24, 2.45) is 0 Å². The van der Waals surface area contributed by atoms with Gasteiger partial charge in [0.1, 0.15) is 0 Å². The van der Waals surface area contributed by atoms with E-state index in [4.69, 9.17) is 0 Å². The minimum absolute atomic E-state index is 0.314. The molecular weight excluding hydrogens is 240 g/mol. The zero-order valence-electron chi connectivity index (χ0n) is 8.97. The third-order valence-electron chi connectivity index (χ3n) is 2.41. The summed E-state index contributed by atoms with van der Waals surface area (Å²) >= 11 is 3.52. The van der Waals surface area contributed by atoms with Gasteiger partial charge >= 0.3 is 0 Å². The second-order valence-electron chi connectivity index (χ2n) is 3.77. The highest BCUT2D eigenvalue weighted by Gasteiger charge is 2.09. The minimum Gasteiger partial charge on any atom is -0.388 e. The highest BCUT2D eigenvalue weighted by atomic mass is 79.9. The van der Waals surface area contributed by atoms with Crippen molar-refractivity contribution in [2.75, 3.05) is 0 Å². The van der Waals surface area contributed by atoms with E-state index in [2.05, 4.69) is 48.8 Å². The van der Waals surface area contributed by atoms with Gasteiger partial charge in [-0.15, -0.1) is 0 Å². The predicted octanol–water partition coefficient (Wildman–Crippen LogP) is 3.90. The first-order valence-corrected chi connectivity index (χ1v) is 5.80. The summed E-state index contributed by atoms with van der Waals surface area (Å²) in [5, 5.41) is 9.84. The van der Waals surface area contributed by atoms with Gasteiger partial charge in [-0.05, 0) is 37.0 Å². The SMILES string of the molecule is CCC[C@H](O)c1cc(C)c(Br)c(C)c1. The highest BCUT2D eigenvalue weighted by Crippen LogP contribution is 2.27. The largest absolute Gasteiger partial charge is 0.388 e. The topological polar surface area (TPSA) is 20.2 Å². The molecule has 0 saturated carbocycles. The molecule has 14 heavy (non-hydrogen) atoms. The maximum atomic E-state index is 9.84. The molecule has 1 aromatic rings. The van der Waals surface area contributed by atoms with Gasteiger partial charge in [-0.25, -0.2) is 0 Å². The van der Waals surface area contributed by atoms with Crippen LogP contribution in [0.3, 0.4) is 0 Å². The van der Waals surface area contributed by atoms with Gasteiger partial charge in [0.2, 0.25) is 0 Å². The third-order valence-corrected chi connectivity index (χ3v) is 3.66. The summed E-state index contributed by atoms with van der Waals surface area (Å²) in [6.07, 6.45) is 1.53. The minimum atomic E-state index is -0.314. The van der Waals surface area contributed by atoms with E-state index in [0.717, 1.165) is 22.9 Å². The number of aryl methyl sites for hydroxylation is 2. The Labute approximate surface area is 94.3 Å². The van der Waals surface area contributed by atoms with Crippen LogP contribution in [0.1, 0.15) is 42.6 Å². The van der Waals surface area contributed by atoms with Crippen LogP contribution in [0.15, 0.2) is 16.6 Å². The van der Waals surface area contributed by atoms with E-state index in [1.807, 2.05) is 0 Å². The molecule has 0 amide bonds. The highest BCUT2D eigenvalue weighted by molar-refractivity contribution is 9.10. The summed E-state index contributed by atoms with van der Waals surface area (Å²) in [4.78, 5) is 0. The first-order chi connectivity index (χ1) is 6.56. The number of rotatable bonds is 3. The van der Waals surface area contributed by atoms with Crippen LogP contribution in [0.5, 0.6) is 0 Å². The molecule has 1 aromatic carbocycles. The lowest BCUT2D eigenvalue weighted by molar-refractivity contribution is 0.166. The van der Waals surface area contributed by atoms with Crippen molar-refractivity contribution < 1.29 is 5.11 Å². The molecule has 0 aliphatic heterocycles. The van der Waals surface area contributed by atoms with Crippen LogP contribution in [0, 0.1) is 13.8 Å². The zero-order valence-corrected chi connectivity index (χ0v) is 10.6. The van der Waals surface area contributed by atoms with E-state index < -0.39 is 0 Å². The summed E-state index contributed by atoms with van der Waals surface area (Å²) in [5.41, 5.74) is 3.41. The van der Waals surface area contributed by atoms with E-state index in [9.17, 15) is 5.11 Å². The lowest BCUT2D eigenvalue weighted by atomic mass is 10.0. The van der Waals surface area contributed by atoms with Crippen molar-refractivity contribution in [1.82, 2.24) is 0 Å². The Kier molecular flexibility index (Phi) is 4.14. The van der Waals surface area contributed by atoms with Crippen LogP contribution in [0.4, 0.5) is 0 Å². The number of hydrogen-bond acceptors (Lipinski definition) is 1. The first kappa shape index (κ1) is 11.7. The molecule has 0 bridgehead atoms. The van der Waals surface area contributed by atoms with Gasteiger partial charge in [-0.1, -0.05) is 41.4 Å². The molecule has 0 aromatic heterocycles. The summed E-state index contributed by atoms with van der Waals surface area (Å²) in [6, 6.07) is 4.11. The lowest BCUT2D eigenvalue weighted by Crippen LogP contribution is -1.98. The molecule has 0 aliphatic carbocycles. The number of aliphatic hydroxyl groups is 1. The Balaban J connectivity index is 3.00. The summed E-state index contributed by atoms with van der Waals surface area (Å²) < 4.78 is 1.14. The molecule has 1 N–H and O–H groups in total. The van der Waals surface area contributed by atoms with Gasteiger partial charge in [0, 0.05) is 4.47 Å². The fraction of sp³-hybridized carbons (Fsp3) is 0.500. The van der Waals surface area contributed by atoms with E-state index in [1.54, 1.807) is 0 Å². The summed E-state index contributed by atoms with van der Waals surface area (Å²) in [7, 11) is 0. The fourth-order valence-electron chi connectivity index (χ4n) is 1.61. The maximum Gasteiger partial charge on any atom is 0.0790 e. The van der Waals surface area contributed by atoms with Crippen molar-refractivity contribution in [2.45, 2.75) is 39.7 Å². The van der Waals surface area contributed by atoms with E-state index in [1.165, 1.54) is 11.1 Å². The molecule has 1 nitrogen and oxygen atoms in total. The van der Waals surface area contributed by atoms with Crippen molar-refractivity contribution in [3.8, 4) is 0 Å². The number of hydrogen-bond donors (Lipinski definition) is 1. The van der Waals surface area contributed by atoms with Crippen LogP contribution in [-0.2, 0) is 0 Å². The van der Waals surface area contributed by atoms with Gasteiger partial charge < -0.3 is 5.11 Å². The Morgan fingerprint density at radius 3 is 2.21 bits per heavy atom. The van der Waals surface area contributed by atoms with Gasteiger partial charge in [-0.2, -0.15) is 0 Å². The van der Waals surface area contributed by atoms with Gasteiger partial charge in [0.15, 0.2) is 0 Å². The molecule has 0 aliphatic rings. The van der Waals surface area contributed by atoms with Crippen LogP contribution in [0.25, 0.3) is 0 Å². The van der Waals surface area contributed by atoms with Crippen molar-refractivity contribution in [3.63, 3.8) is 0 Å². The van der Waals surface area contributed by atoms with E-state index in [-0.39, 0.29) is 6.10 Å². The Hall–Kier alpha value is -0.340. The standard InChI is InChI=1S/C12H17BrO/c1-4-5-11(14)10-6-8(2)12(13)9(3)7-10/h6-7,11,14H,4-5H2,1-3H3/t11-/m0/s1. The molecule has 0 spiro atoms. The normalized spacial score (nSPS) is 12.9. The Bertz CT molecular complexity index is 297. The number of halogens is 1. The molecular formula is C12H17BrO. The molecule has 0 radical (unpaired) electrons. The lowest BCUT2D eigenvalue weighted by Gasteiger charge is -2.13. The van der Waals surface area contributed by atoms with Gasteiger partial charge in [0.05, 0.1) is 6.10 Å². The first-order valence-electron chi connectivity index (χ1n) is 5.01. The quantitative estimate of drug-likeness (QED) is 0.870. The molecule has 1 atom stereocenters. The molecule has 0 saturated heterocycles. The average Bonchev–Trinajstić information content (AvgIpc) is 2.13. The van der Waals surface area contributed by atoms with Crippen LogP contribution in [-0.4, -0.2) is 5.11 Å². The van der Waals surface area contributed by atoms with Gasteiger partial charge in [0.25, 0.3) is 0 Å². The van der Waals surface area contributed by atoms with E-state index in [0.29, 0.717) is 0 Å². The summed E-state index contributed by atoms with van der Waals surface area (Å²) in [5.74, 6) is 0. The van der Waals surface area contributed by atoms with Crippen molar-refractivity contribution >= 4 is 15.9 Å². The Morgan fingerprint density at radius 1 is 1.29 bits per heavy atom. The molecule has 0 fully saturated rings. The zero-order chi connectivity index (χ0) is 10.7. The Morgan fingerprint density at radius 2 is 1.79 bits per heavy atom. The smallest absolute Gasteiger partial charge is 0.0790 e. The fourth-order valence-corrected chi connectivity index (χ4v) is 1.84. The van der Waals surface area contributed by atoms with E-state index >= 15 is 0 Å². The van der Waals surface area contributed by atoms with Crippen LogP contribution >= 0.6 is 15.9 Å². The molecule has 1 rings (SSSR count). The monoisotopic (exact) mass is 256 g/mol. The van der Waals surface area contributed by atoms with Crippen LogP contribution < -0.4 is 0 Å². The third kappa shape index (κ3) is 2.58. The van der Waals surface area contributed by atoms with Crippen molar-refractivity contribution in [1.29, 1.82) is 0 Å². The molecule has 0 heterocycles. The molecule has 0 unspecified atom stereocenters. The second kappa shape index (κ2) is 4.94. The predicted molar refractivity (Wildman–Crippen MR) is 63.5 cm³/mol. The van der Waals surface area contributed by atoms with Crippen LogP contribution in [0.2, 0.25) is 0 Å². The molecule has 78 valence electrons. The number of aliphatic hydroxyl groups excluding tert-OH is 1. The maximum absolute atomic E-state index is 9.84. The van der Waals surface area contributed by atoms with Gasteiger partial charge in [-0.3, -0.25) is 0 Å². The summed E-state index contributed by atoms with van der Waals surface area (Å²) in [6.45, 7) is 6.19. The second-order valence-corrected chi connectivity index (χ2v) is 4.57. The van der Waals surface area contributed by atoms with Crippen molar-refractivity contribution in [3.05, 3.63) is 33.3 Å². The average molecular weight is 257 g/mol. The molecule has 2 heteroatoms.